The Bertz CT molecular complexity index is 1090. The molecule has 0 spiro atoms. The van der Waals surface area contributed by atoms with Crippen molar-refractivity contribution in [2.45, 2.75) is 40.3 Å². The maximum atomic E-state index is 13.4. The first-order valence-electron chi connectivity index (χ1n) is 10.3. The zero-order chi connectivity index (χ0) is 24.1. The molecule has 0 heterocycles. The van der Waals surface area contributed by atoms with Crippen LogP contribution in [0.1, 0.15) is 30.5 Å². The van der Waals surface area contributed by atoms with Gasteiger partial charge in [-0.3, -0.25) is 13.9 Å². The van der Waals surface area contributed by atoms with Crippen LogP contribution in [0.5, 0.6) is 0 Å². The second-order valence-electron chi connectivity index (χ2n) is 7.74. The first kappa shape index (κ1) is 25.7. The van der Waals surface area contributed by atoms with Crippen molar-refractivity contribution in [1.29, 1.82) is 0 Å². The molecule has 0 fully saturated rings. The van der Waals surface area contributed by atoms with Crippen LogP contribution < -0.4 is 9.62 Å². The Hall–Kier alpha value is -2.58. The fourth-order valence-electron chi connectivity index (χ4n) is 3.39. The predicted octanol–water partition coefficient (Wildman–Crippen LogP) is 3.28. The van der Waals surface area contributed by atoms with E-state index in [4.69, 9.17) is 11.6 Å². The molecule has 0 saturated carbocycles. The Morgan fingerprint density at radius 3 is 2.34 bits per heavy atom. The molecule has 0 aliphatic carbocycles. The molecule has 0 bridgehead atoms. The molecule has 1 N–H and O–H groups in total. The number of benzene rings is 2. The van der Waals surface area contributed by atoms with E-state index in [1.165, 1.54) is 4.90 Å². The number of likely N-dealkylation sites (N-methyl/N-ethyl adjacent to an activating group) is 1. The van der Waals surface area contributed by atoms with Crippen molar-refractivity contribution in [2.24, 2.45) is 0 Å². The van der Waals surface area contributed by atoms with Crippen LogP contribution >= 0.6 is 11.6 Å². The molecule has 0 aliphatic heterocycles. The third kappa shape index (κ3) is 6.46. The lowest BCUT2D eigenvalue weighted by Gasteiger charge is -2.32. The average Bonchev–Trinajstić information content (AvgIpc) is 2.70. The number of anilines is 1. The fourth-order valence-corrected chi connectivity index (χ4v) is 4.50. The maximum absolute atomic E-state index is 13.4. The van der Waals surface area contributed by atoms with E-state index in [0.717, 1.165) is 21.7 Å². The highest BCUT2D eigenvalue weighted by atomic mass is 35.5. The number of nitrogens with one attached hydrogen (secondary N) is 1. The minimum absolute atomic E-state index is 0.0707. The second-order valence-corrected chi connectivity index (χ2v) is 10.1. The SMILES string of the molecule is CCNC(=O)C(C)N(Cc1ccccc1Cl)C(=O)CN(c1ccc(C)cc1C)S(C)(=O)=O. The number of sulfonamides is 1. The smallest absolute Gasteiger partial charge is 0.244 e. The summed E-state index contributed by atoms with van der Waals surface area (Å²) in [5.74, 6) is -0.834. The van der Waals surface area contributed by atoms with Crippen LogP contribution in [0, 0.1) is 13.8 Å². The summed E-state index contributed by atoms with van der Waals surface area (Å²) in [5.41, 5.74) is 2.81. The number of hydrogen-bond donors (Lipinski definition) is 1. The van der Waals surface area contributed by atoms with E-state index in [9.17, 15) is 18.0 Å². The summed E-state index contributed by atoms with van der Waals surface area (Å²) in [4.78, 5) is 27.3. The molecule has 0 aliphatic rings. The van der Waals surface area contributed by atoms with Crippen LogP contribution in [0.4, 0.5) is 5.69 Å². The predicted molar refractivity (Wildman–Crippen MR) is 128 cm³/mol. The zero-order valence-electron chi connectivity index (χ0n) is 19.1. The normalized spacial score (nSPS) is 12.2. The minimum Gasteiger partial charge on any atom is -0.355 e. The van der Waals surface area contributed by atoms with Gasteiger partial charge in [0.25, 0.3) is 0 Å². The molecule has 9 heteroatoms. The van der Waals surface area contributed by atoms with Crippen LogP contribution in [0.3, 0.4) is 0 Å². The van der Waals surface area contributed by atoms with E-state index in [0.29, 0.717) is 22.8 Å². The molecular weight excluding hydrogens is 450 g/mol. The van der Waals surface area contributed by atoms with Crippen molar-refractivity contribution in [1.82, 2.24) is 10.2 Å². The lowest BCUT2D eigenvalue weighted by Crippen LogP contribution is -2.51. The van der Waals surface area contributed by atoms with Gasteiger partial charge in [-0.05, 0) is 51.0 Å². The number of rotatable bonds is 9. The third-order valence-corrected chi connectivity index (χ3v) is 6.61. The van der Waals surface area contributed by atoms with Gasteiger partial charge in [-0.1, -0.05) is 47.5 Å². The van der Waals surface area contributed by atoms with Crippen LogP contribution in [0.25, 0.3) is 0 Å². The summed E-state index contributed by atoms with van der Waals surface area (Å²) in [7, 11) is -3.76. The van der Waals surface area contributed by atoms with Crippen LogP contribution in [0.2, 0.25) is 5.02 Å². The van der Waals surface area contributed by atoms with Crippen molar-refractivity contribution in [3.8, 4) is 0 Å². The van der Waals surface area contributed by atoms with E-state index >= 15 is 0 Å². The fraction of sp³-hybridized carbons (Fsp3) is 0.391. The number of halogens is 1. The molecule has 0 saturated heterocycles. The van der Waals surface area contributed by atoms with Gasteiger partial charge in [0, 0.05) is 18.1 Å². The van der Waals surface area contributed by atoms with Gasteiger partial charge in [0.1, 0.15) is 12.6 Å². The Labute approximate surface area is 195 Å². The van der Waals surface area contributed by atoms with Gasteiger partial charge in [0.15, 0.2) is 0 Å². The number of amides is 2. The van der Waals surface area contributed by atoms with Crippen molar-refractivity contribution in [3.63, 3.8) is 0 Å². The molecule has 1 unspecified atom stereocenters. The number of aryl methyl sites for hydroxylation is 2. The second kappa shape index (κ2) is 10.8. The van der Waals surface area contributed by atoms with E-state index in [1.54, 1.807) is 57.2 Å². The highest BCUT2D eigenvalue weighted by molar-refractivity contribution is 7.92. The van der Waals surface area contributed by atoms with E-state index < -0.39 is 28.5 Å². The number of carbonyl (C=O) groups is 2. The Morgan fingerprint density at radius 1 is 1.12 bits per heavy atom. The molecule has 32 heavy (non-hydrogen) atoms. The largest absolute Gasteiger partial charge is 0.355 e. The van der Waals surface area contributed by atoms with Crippen molar-refractivity contribution in [2.75, 3.05) is 23.7 Å². The monoisotopic (exact) mass is 479 g/mol. The first-order valence-corrected chi connectivity index (χ1v) is 12.5. The van der Waals surface area contributed by atoms with Crippen LogP contribution in [0.15, 0.2) is 42.5 Å². The topological polar surface area (TPSA) is 86.8 Å². The van der Waals surface area contributed by atoms with Crippen molar-refractivity contribution in [3.05, 3.63) is 64.2 Å². The first-order chi connectivity index (χ1) is 15.0. The molecule has 1 atom stereocenters. The Morgan fingerprint density at radius 2 is 1.78 bits per heavy atom. The van der Waals surface area contributed by atoms with Gasteiger partial charge in [-0.25, -0.2) is 8.42 Å². The number of carbonyl (C=O) groups excluding carboxylic acids is 2. The molecule has 0 aromatic heterocycles. The third-order valence-electron chi connectivity index (χ3n) is 5.12. The lowest BCUT2D eigenvalue weighted by atomic mass is 10.1. The number of hydrogen-bond acceptors (Lipinski definition) is 4. The van der Waals surface area contributed by atoms with E-state index in [-0.39, 0.29) is 12.5 Å². The quantitative estimate of drug-likeness (QED) is 0.598. The summed E-state index contributed by atoms with van der Waals surface area (Å²) in [6, 6.07) is 11.6. The standard InChI is InChI=1S/C23H30ClN3O4S/c1-6-25-23(29)18(4)26(14-19-9-7-8-10-20(19)24)22(28)15-27(32(5,30)31)21-12-11-16(2)13-17(21)3/h7-13,18H,6,14-15H2,1-5H3,(H,25,29). The van der Waals surface area contributed by atoms with Gasteiger partial charge in [-0.15, -0.1) is 0 Å². The minimum atomic E-state index is -3.76. The van der Waals surface area contributed by atoms with E-state index in [1.807, 2.05) is 13.0 Å². The van der Waals surface area contributed by atoms with Crippen molar-refractivity contribution >= 4 is 39.1 Å². The van der Waals surface area contributed by atoms with Crippen molar-refractivity contribution < 1.29 is 18.0 Å². The summed E-state index contributed by atoms with van der Waals surface area (Å²) in [6.07, 6.45) is 1.06. The lowest BCUT2D eigenvalue weighted by molar-refractivity contribution is -0.139. The average molecular weight is 480 g/mol. The molecular formula is C23H30ClN3O4S. The molecule has 7 nitrogen and oxygen atoms in total. The van der Waals surface area contributed by atoms with E-state index in [2.05, 4.69) is 5.32 Å². The van der Waals surface area contributed by atoms with Gasteiger partial charge in [0.05, 0.1) is 11.9 Å². The molecule has 2 aromatic rings. The molecule has 2 amide bonds. The molecule has 2 aromatic carbocycles. The molecule has 174 valence electrons. The number of nitrogens with zero attached hydrogens (tertiary/aromatic N) is 2. The zero-order valence-corrected chi connectivity index (χ0v) is 20.6. The highest BCUT2D eigenvalue weighted by Gasteiger charge is 2.30. The Kier molecular flexibility index (Phi) is 8.69. The van der Waals surface area contributed by atoms with Gasteiger partial charge in [0.2, 0.25) is 21.8 Å². The van der Waals surface area contributed by atoms with Crippen LogP contribution in [-0.4, -0.2) is 50.5 Å². The maximum Gasteiger partial charge on any atom is 0.244 e. The Balaban J connectivity index is 2.43. The summed E-state index contributed by atoms with van der Waals surface area (Å²) in [6.45, 7) is 7.15. The summed E-state index contributed by atoms with van der Waals surface area (Å²) in [5, 5.41) is 3.17. The molecule has 2 rings (SSSR count). The highest BCUT2D eigenvalue weighted by Crippen LogP contribution is 2.25. The molecule has 0 radical (unpaired) electrons. The van der Waals surface area contributed by atoms with Crippen LogP contribution in [-0.2, 0) is 26.2 Å². The van der Waals surface area contributed by atoms with Gasteiger partial charge < -0.3 is 10.2 Å². The summed E-state index contributed by atoms with van der Waals surface area (Å²) < 4.78 is 26.3. The summed E-state index contributed by atoms with van der Waals surface area (Å²) >= 11 is 6.28. The van der Waals surface area contributed by atoms with Gasteiger partial charge >= 0.3 is 0 Å². The van der Waals surface area contributed by atoms with Gasteiger partial charge in [-0.2, -0.15) is 0 Å².